The minimum absolute atomic E-state index is 0.0430. The van der Waals surface area contributed by atoms with Crippen LogP contribution in [0.5, 0.6) is 0 Å². The van der Waals surface area contributed by atoms with Crippen LogP contribution in [0, 0.1) is 5.92 Å². The Morgan fingerprint density at radius 2 is 1.88 bits per heavy atom. The first-order valence-electron chi connectivity index (χ1n) is 11.5. The average Bonchev–Trinajstić information content (AvgIpc) is 3.21. The predicted molar refractivity (Wildman–Crippen MR) is 129 cm³/mol. The minimum Gasteiger partial charge on any atom is -0.444 e. The molecular formula is C25H33N3O3S. The van der Waals surface area contributed by atoms with E-state index in [2.05, 4.69) is 27.7 Å². The number of thiophene rings is 1. The van der Waals surface area contributed by atoms with Crippen molar-refractivity contribution in [3.63, 3.8) is 0 Å². The van der Waals surface area contributed by atoms with Gasteiger partial charge < -0.3 is 19.9 Å². The molecule has 32 heavy (non-hydrogen) atoms. The van der Waals surface area contributed by atoms with Crippen molar-refractivity contribution in [2.75, 3.05) is 29.9 Å². The summed E-state index contributed by atoms with van der Waals surface area (Å²) >= 11 is 1.83. The maximum Gasteiger partial charge on any atom is 0.410 e. The third-order valence-corrected chi connectivity index (χ3v) is 7.09. The Morgan fingerprint density at radius 3 is 2.62 bits per heavy atom. The molecule has 0 saturated carbocycles. The number of ether oxygens (including phenoxy) is 1. The highest BCUT2D eigenvalue weighted by Gasteiger charge is 2.28. The number of amides is 2. The third-order valence-electron chi connectivity index (χ3n) is 6.07. The van der Waals surface area contributed by atoms with Crippen molar-refractivity contribution in [1.29, 1.82) is 0 Å². The number of hydrogen-bond acceptors (Lipinski definition) is 5. The highest BCUT2D eigenvalue weighted by molar-refractivity contribution is 7.10. The van der Waals surface area contributed by atoms with Gasteiger partial charge in [-0.05, 0) is 75.1 Å². The van der Waals surface area contributed by atoms with Crippen LogP contribution in [0.3, 0.4) is 0 Å². The van der Waals surface area contributed by atoms with Crippen LogP contribution in [0.15, 0.2) is 35.7 Å². The third kappa shape index (κ3) is 5.63. The number of piperidine rings is 1. The van der Waals surface area contributed by atoms with Gasteiger partial charge in [-0.1, -0.05) is 12.1 Å². The van der Waals surface area contributed by atoms with Crippen LogP contribution in [0.2, 0.25) is 0 Å². The Bertz CT molecular complexity index is 957. The quantitative estimate of drug-likeness (QED) is 0.681. The smallest absolute Gasteiger partial charge is 0.410 e. The zero-order valence-electron chi connectivity index (χ0n) is 19.2. The molecule has 2 aliphatic rings. The zero-order valence-corrected chi connectivity index (χ0v) is 20.0. The Morgan fingerprint density at radius 1 is 1.12 bits per heavy atom. The van der Waals surface area contributed by atoms with Crippen molar-refractivity contribution in [3.8, 4) is 0 Å². The number of likely N-dealkylation sites (tertiary alicyclic amines) is 1. The van der Waals surface area contributed by atoms with Crippen LogP contribution >= 0.6 is 11.3 Å². The number of anilines is 2. The molecule has 2 aliphatic heterocycles. The normalized spacial score (nSPS) is 17.1. The van der Waals surface area contributed by atoms with E-state index in [-0.39, 0.29) is 17.9 Å². The van der Waals surface area contributed by atoms with E-state index < -0.39 is 5.60 Å². The summed E-state index contributed by atoms with van der Waals surface area (Å²) in [6.45, 7) is 8.76. The number of carbonyl (C=O) groups excluding carboxylic acids is 2. The molecule has 6 nitrogen and oxygen atoms in total. The lowest BCUT2D eigenvalue weighted by molar-refractivity contribution is -0.117. The topological polar surface area (TPSA) is 61.9 Å². The van der Waals surface area contributed by atoms with E-state index in [0.29, 0.717) is 19.5 Å². The molecule has 2 amide bonds. The van der Waals surface area contributed by atoms with Gasteiger partial charge in [0.05, 0.1) is 11.4 Å². The molecule has 0 atom stereocenters. The summed E-state index contributed by atoms with van der Waals surface area (Å²) in [7, 11) is 0. The Balaban J connectivity index is 1.31. The number of carbonyl (C=O) groups is 2. The molecule has 0 radical (unpaired) electrons. The van der Waals surface area contributed by atoms with Gasteiger partial charge in [0.1, 0.15) is 5.60 Å². The van der Waals surface area contributed by atoms with Gasteiger partial charge in [-0.15, -0.1) is 11.3 Å². The molecule has 1 fully saturated rings. The molecular weight excluding hydrogens is 422 g/mol. The van der Waals surface area contributed by atoms with Gasteiger partial charge >= 0.3 is 6.09 Å². The largest absolute Gasteiger partial charge is 0.444 e. The van der Waals surface area contributed by atoms with Crippen molar-refractivity contribution in [2.45, 2.75) is 58.6 Å². The predicted octanol–water partition coefficient (Wildman–Crippen LogP) is 5.29. The molecule has 7 heteroatoms. The van der Waals surface area contributed by atoms with Gasteiger partial charge in [0, 0.05) is 37.5 Å². The summed E-state index contributed by atoms with van der Waals surface area (Å²) in [6.07, 6.45) is 2.91. The molecule has 172 valence electrons. The van der Waals surface area contributed by atoms with Gasteiger partial charge in [0.25, 0.3) is 0 Å². The number of benzene rings is 1. The van der Waals surface area contributed by atoms with E-state index in [0.717, 1.165) is 43.7 Å². The molecule has 1 aromatic carbocycles. The minimum atomic E-state index is -0.486. The van der Waals surface area contributed by atoms with Crippen LogP contribution in [0.4, 0.5) is 16.2 Å². The molecule has 2 aromatic rings. The second-order valence-electron chi connectivity index (χ2n) is 9.72. The van der Waals surface area contributed by atoms with E-state index in [9.17, 15) is 9.59 Å². The highest BCUT2D eigenvalue weighted by atomic mass is 32.1. The first kappa shape index (κ1) is 22.6. The van der Waals surface area contributed by atoms with Crippen molar-refractivity contribution >= 4 is 34.7 Å². The fourth-order valence-electron chi connectivity index (χ4n) is 4.42. The Kier molecular flexibility index (Phi) is 6.74. The van der Waals surface area contributed by atoms with E-state index >= 15 is 0 Å². The van der Waals surface area contributed by atoms with E-state index in [4.69, 9.17) is 4.74 Å². The van der Waals surface area contributed by atoms with Crippen LogP contribution < -0.4 is 10.2 Å². The van der Waals surface area contributed by atoms with Crippen molar-refractivity contribution in [3.05, 3.63) is 46.2 Å². The molecule has 0 bridgehead atoms. The second-order valence-corrected chi connectivity index (χ2v) is 10.7. The second kappa shape index (κ2) is 9.53. The SMILES string of the molecule is CC(C)(C)OC(=O)N1CCC(CC(=O)Nc2ccccc2N2CCc3sccc3C2)CC1. The molecule has 3 heterocycles. The maximum absolute atomic E-state index is 12.8. The molecule has 0 aliphatic carbocycles. The summed E-state index contributed by atoms with van der Waals surface area (Å²) in [6, 6.07) is 10.3. The average molecular weight is 456 g/mol. The van der Waals surface area contributed by atoms with Crippen LogP contribution in [-0.2, 0) is 22.5 Å². The van der Waals surface area contributed by atoms with Crippen molar-refractivity contribution < 1.29 is 14.3 Å². The zero-order chi connectivity index (χ0) is 22.7. The first-order valence-corrected chi connectivity index (χ1v) is 12.3. The number of nitrogens with one attached hydrogen (secondary N) is 1. The van der Waals surface area contributed by atoms with E-state index in [1.54, 1.807) is 4.90 Å². The lowest BCUT2D eigenvalue weighted by atomic mass is 9.93. The van der Waals surface area contributed by atoms with Gasteiger partial charge in [-0.3, -0.25) is 4.79 Å². The van der Waals surface area contributed by atoms with Crippen molar-refractivity contribution in [2.24, 2.45) is 5.92 Å². The molecule has 4 rings (SSSR count). The Hall–Kier alpha value is -2.54. The summed E-state index contributed by atoms with van der Waals surface area (Å²) in [4.78, 5) is 30.7. The van der Waals surface area contributed by atoms with E-state index in [1.807, 2.05) is 50.3 Å². The lowest BCUT2D eigenvalue weighted by Crippen LogP contribution is -2.42. The standard InChI is InChI=1S/C25H33N3O3S/c1-25(2,3)31-24(30)27-12-8-18(9-13-27)16-23(29)26-20-6-4-5-7-21(20)28-14-10-22-19(17-28)11-15-32-22/h4-7,11,15,18H,8-10,12-14,16-17H2,1-3H3,(H,26,29). The summed E-state index contributed by atoms with van der Waals surface area (Å²) in [5.41, 5.74) is 2.86. The van der Waals surface area contributed by atoms with Crippen LogP contribution in [0.1, 0.15) is 50.5 Å². The molecule has 1 aromatic heterocycles. The fraction of sp³-hybridized carbons (Fsp3) is 0.520. The number of rotatable bonds is 4. The number of hydrogen-bond donors (Lipinski definition) is 1. The summed E-state index contributed by atoms with van der Waals surface area (Å²) in [5, 5.41) is 5.32. The first-order chi connectivity index (χ1) is 15.3. The van der Waals surface area contributed by atoms with Gasteiger partial charge in [0.15, 0.2) is 0 Å². The molecule has 0 spiro atoms. The summed E-state index contributed by atoms with van der Waals surface area (Å²) in [5.74, 6) is 0.325. The molecule has 0 unspecified atom stereocenters. The highest BCUT2D eigenvalue weighted by Crippen LogP contribution is 2.33. The number of nitrogens with zero attached hydrogens (tertiary/aromatic N) is 2. The monoisotopic (exact) mass is 455 g/mol. The van der Waals surface area contributed by atoms with Crippen molar-refractivity contribution in [1.82, 2.24) is 4.90 Å². The Labute approximate surface area is 194 Å². The summed E-state index contributed by atoms with van der Waals surface area (Å²) < 4.78 is 5.46. The fourth-order valence-corrected chi connectivity index (χ4v) is 5.31. The van der Waals surface area contributed by atoms with Gasteiger partial charge in [-0.2, -0.15) is 0 Å². The van der Waals surface area contributed by atoms with Crippen LogP contribution in [-0.4, -0.2) is 42.1 Å². The van der Waals surface area contributed by atoms with Crippen LogP contribution in [0.25, 0.3) is 0 Å². The maximum atomic E-state index is 12.8. The number of para-hydroxylation sites is 2. The molecule has 1 saturated heterocycles. The number of fused-ring (bicyclic) bond motifs is 1. The van der Waals surface area contributed by atoms with E-state index in [1.165, 1.54) is 10.4 Å². The van der Waals surface area contributed by atoms with Gasteiger partial charge in [-0.25, -0.2) is 4.79 Å². The lowest BCUT2D eigenvalue weighted by Gasteiger charge is -2.33. The molecule has 1 N–H and O–H groups in total. The van der Waals surface area contributed by atoms with Gasteiger partial charge in [0.2, 0.25) is 5.91 Å².